The molecule has 2 unspecified atom stereocenters. The molecule has 0 saturated carbocycles. The Morgan fingerprint density at radius 1 is 1.27 bits per heavy atom. The summed E-state index contributed by atoms with van der Waals surface area (Å²) in [5, 5.41) is 13.1. The molecule has 0 aromatic carbocycles. The van der Waals surface area contributed by atoms with Gasteiger partial charge in [0.05, 0.1) is 6.10 Å². The minimum atomic E-state index is -0.161. The van der Waals surface area contributed by atoms with Crippen molar-refractivity contribution in [3.8, 4) is 0 Å². The van der Waals surface area contributed by atoms with Crippen LogP contribution in [0.5, 0.6) is 0 Å². The standard InChI is InChI=1S/C11H22N2O.ClH/c1-8-3-4-13(9(2)5-8)10-6-12-7-11(10)14;/h8-12,14H,3-7H2,1-2H3;1H/t8?,9?,10-,11-;/m1./s1. The van der Waals surface area contributed by atoms with Gasteiger partial charge < -0.3 is 10.4 Å². The first kappa shape index (κ1) is 13.2. The van der Waals surface area contributed by atoms with Gasteiger partial charge in [-0.05, 0) is 32.2 Å². The Morgan fingerprint density at radius 2 is 2.00 bits per heavy atom. The van der Waals surface area contributed by atoms with Crippen LogP contribution in [-0.4, -0.2) is 47.8 Å². The maximum absolute atomic E-state index is 9.82. The number of rotatable bonds is 1. The summed E-state index contributed by atoms with van der Waals surface area (Å²) < 4.78 is 0. The van der Waals surface area contributed by atoms with Crippen molar-refractivity contribution in [1.29, 1.82) is 0 Å². The van der Waals surface area contributed by atoms with E-state index in [0.29, 0.717) is 12.1 Å². The first-order chi connectivity index (χ1) is 6.68. The van der Waals surface area contributed by atoms with E-state index in [2.05, 4.69) is 24.1 Å². The van der Waals surface area contributed by atoms with Gasteiger partial charge in [-0.25, -0.2) is 0 Å². The van der Waals surface area contributed by atoms with Crippen molar-refractivity contribution in [3.05, 3.63) is 0 Å². The fourth-order valence-corrected chi connectivity index (χ4v) is 2.91. The average molecular weight is 235 g/mol. The second-order valence-electron chi connectivity index (χ2n) is 5.01. The van der Waals surface area contributed by atoms with Crippen LogP contribution < -0.4 is 5.32 Å². The monoisotopic (exact) mass is 234 g/mol. The Labute approximate surface area is 98.6 Å². The van der Waals surface area contributed by atoms with Crippen LogP contribution in [0.25, 0.3) is 0 Å². The summed E-state index contributed by atoms with van der Waals surface area (Å²) in [5.41, 5.74) is 0. The van der Waals surface area contributed by atoms with E-state index >= 15 is 0 Å². The molecule has 2 heterocycles. The zero-order valence-corrected chi connectivity index (χ0v) is 10.5. The zero-order valence-electron chi connectivity index (χ0n) is 9.65. The van der Waals surface area contributed by atoms with E-state index in [1.807, 2.05) is 0 Å². The molecule has 4 heteroatoms. The molecule has 0 aliphatic carbocycles. The molecule has 2 fully saturated rings. The summed E-state index contributed by atoms with van der Waals surface area (Å²) in [6.07, 6.45) is 2.41. The first-order valence-corrected chi connectivity index (χ1v) is 5.83. The van der Waals surface area contributed by atoms with Crippen LogP contribution in [0.1, 0.15) is 26.7 Å². The molecule has 0 aromatic rings. The van der Waals surface area contributed by atoms with Crippen LogP contribution in [0.4, 0.5) is 0 Å². The molecule has 2 aliphatic heterocycles. The quantitative estimate of drug-likeness (QED) is 0.707. The van der Waals surface area contributed by atoms with Gasteiger partial charge in [0.2, 0.25) is 0 Å². The minimum Gasteiger partial charge on any atom is -0.390 e. The largest absolute Gasteiger partial charge is 0.390 e. The predicted octanol–water partition coefficient (Wildman–Crippen LogP) is 0.861. The van der Waals surface area contributed by atoms with Crippen LogP contribution in [0.3, 0.4) is 0 Å². The maximum atomic E-state index is 9.82. The van der Waals surface area contributed by atoms with Gasteiger partial charge in [0, 0.05) is 25.2 Å². The average Bonchev–Trinajstić information content (AvgIpc) is 2.52. The fourth-order valence-electron chi connectivity index (χ4n) is 2.91. The fraction of sp³-hybridized carbons (Fsp3) is 1.00. The van der Waals surface area contributed by atoms with E-state index in [0.717, 1.165) is 25.6 Å². The molecule has 4 atom stereocenters. The first-order valence-electron chi connectivity index (χ1n) is 5.83. The van der Waals surface area contributed by atoms with Gasteiger partial charge in [-0.15, -0.1) is 12.4 Å². The van der Waals surface area contributed by atoms with Gasteiger partial charge in [0.25, 0.3) is 0 Å². The highest BCUT2D eigenvalue weighted by atomic mass is 35.5. The van der Waals surface area contributed by atoms with Crippen LogP contribution in [-0.2, 0) is 0 Å². The van der Waals surface area contributed by atoms with Crippen LogP contribution in [0, 0.1) is 5.92 Å². The number of aliphatic hydroxyl groups is 1. The highest BCUT2D eigenvalue weighted by Crippen LogP contribution is 2.25. The number of hydrogen-bond acceptors (Lipinski definition) is 3. The summed E-state index contributed by atoms with van der Waals surface area (Å²) >= 11 is 0. The highest BCUT2D eigenvalue weighted by molar-refractivity contribution is 5.85. The Morgan fingerprint density at radius 3 is 2.53 bits per heavy atom. The molecule has 0 aromatic heterocycles. The third kappa shape index (κ3) is 2.84. The number of likely N-dealkylation sites (tertiary alicyclic amines) is 1. The maximum Gasteiger partial charge on any atom is 0.0831 e. The van der Waals surface area contributed by atoms with Crippen molar-refractivity contribution in [2.75, 3.05) is 19.6 Å². The van der Waals surface area contributed by atoms with E-state index in [1.165, 1.54) is 12.8 Å². The lowest BCUT2D eigenvalue weighted by molar-refractivity contribution is 0.0286. The number of halogens is 1. The smallest absolute Gasteiger partial charge is 0.0831 e. The van der Waals surface area contributed by atoms with Crippen LogP contribution >= 0.6 is 12.4 Å². The summed E-state index contributed by atoms with van der Waals surface area (Å²) in [5.74, 6) is 0.854. The second-order valence-corrected chi connectivity index (χ2v) is 5.01. The molecule has 15 heavy (non-hydrogen) atoms. The Bertz CT molecular complexity index is 203. The molecule has 2 N–H and O–H groups in total. The molecule has 0 bridgehead atoms. The van der Waals surface area contributed by atoms with E-state index in [1.54, 1.807) is 0 Å². The van der Waals surface area contributed by atoms with Crippen molar-refractivity contribution in [2.24, 2.45) is 5.92 Å². The van der Waals surface area contributed by atoms with E-state index in [4.69, 9.17) is 0 Å². The molecule has 0 radical (unpaired) electrons. The van der Waals surface area contributed by atoms with Crippen molar-refractivity contribution in [1.82, 2.24) is 10.2 Å². The van der Waals surface area contributed by atoms with Gasteiger partial charge in [0.15, 0.2) is 0 Å². The molecule has 0 amide bonds. The zero-order chi connectivity index (χ0) is 10.1. The van der Waals surface area contributed by atoms with Gasteiger partial charge in [-0.2, -0.15) is 0 Å². The van der Waals surface area contributed by atoms with Gasteiger partial charge in [-0.1, -0.05) is 6.92 Å². The number of nitrogens with one attached hydrogen (secondary N) is 1. The molecule has 90 valence electrons. The van der Waals surface area contributed by atoms with Crippen molar-refractivity contribution in [3.63, 3.8) is 0 Å². The molecular weight excluding hydrogens is 212 g/mol. The van der Waals surface area contributed by atoms with Crippen molar-refractivity contribution in [2.45, 2.75) is 44.9 Å². The number of aliphatic hydroxyl groups excluding tert-OH is 1. The number of β-amino-alcohol motifs (C(OH)–C–C–N with tert-alkyl or cyclic N) is 1. The highest BCUT2D eigenvalue weighted by Gasteiger charge is 2.35. The molecular formula is C11H23ClN2O. The third-order valence-corrected chi connectivity index (χ3v) is 3.77. The lowest BCUT2D eigenvalue weighted by Gasteiger charge is -2.41. The predicted molar refractivity (Wildman–Crippen MR) is 64.5 cm³/mol. The van der Waals surface area contributed by atoms with E-state index in [-0.39, 0.29) is 18.5 Å². The normalized spacial score (nSPS) is 42.6. The summed E-state index contributed by atoms with van der Waals surface area (Å²) in [6.45, 7) is 7.51. The van der Waals surface area contributed by atoms with E-state index in [9.17, 15) is 5.11 Å². The summed E-state index contributed by atoms with van der Waals surface area (Å²) in [7, 11) is 0. The molecule has 3 nitrogen and oxygen atoms in total. The Kier molecular flexibility index (Phi) is 4.84. The lowest BCUT2D eigenvalue weighted by Crippen LogP contribution is -2.51. The second kappa shape index (κ2) is 5.48. The Balaban J connectivity index is 0.00000112. The molecule has 2 rings (SSSR count). The Hall–Kier alpha value is 0.170. The summed E-state index contributed by atoms with van der Waals surface area (Å²) in [6, 6.07) is 0.996. The molecule has 2 aliphatic rings. The number of nitrogens with zero attached hydrogens (tertiary/aromatic N) is 1. The minimum absolute atomic E-state index is 0. The topological polar surface area (TPSA) is 35.5 Å². The van der Waals surface area contributed by atoms with Crippen LogP contribution in [0.15, 0.2) is 0 Å². The third-order valence-electron chi connectivity index (χ3n) is 3.77. The van der Waals surface area contributed by atoms with Crippen molar-refractivity contribution < 1.29 is 5.11 Å². The van der Waals surface area contributed by atoms with Crippen LogP contribution in [0.2, 0.25) is 0 Å². The van der Waals surface area contributed by atoms with E-state index < -0.39 is 0 Å². The number of hydrogen-bond donors (Lipinski definition) is 2. The number of piperidine rings is 1. The molecule has 2 saturated heterocycles. The lowest BCUT2D eigenvalue weighted by atomic mass is 9.91. The summed E-state index contributed by atoms with van der Waals surface area (Å²) in [4.78, 5) is 2.49. The van der Waals surface area contributed by atoms with Crippen molar-refractivity contribution >= 4 is 12.4 Å². The van der Waals surface area contributed by atoms with Gasteiger partial charge in [-0.3, -0.25) is 4.90 Å². The van der Waals surface area contributed by atoms with Gasteiger partial charge in [0.1, 0.15) is 0 Å². The molecule has 0 spiro atoms. The van der Waals surface area contributed by atoms with Gasteiger partial charge >= 0.3 is 0 Å². The SMILES string of the molecule is CC1CCN([C@@H]2CNC[C@H]2O)C(C)C1.Cl.